The smallest absolute Gasteiger partial charge is 0.462 e. The Morgan fingerprint density at radius 1 is 0.267 bits per heavy atom. The van der Waals surface area contributed by atoms with Gasteiger partial charge in [-0.15, -0.1) is 0 Å². The molecule has 0 saturated carbocycles. The van der Waals surface area contributed by atoms with Crippen LogP contribution in [0.15, 0.2) is 0 Å². The van der Waals surface area contributed by atoms with E-state index in [2.05, 4.69) is 34.6 Å². The zero-order chi connectivity index (χ0) is 76.9. The van der Waals surface area contributed by atoms with Gasteiger partial charge in [0.2, 0.25) is 0 Å². The summed E-state index contributed by atoms with van der Waals surface area (Å²) in [6, 6.07) is 0. The van der Waals surface area contributed by atoms with Crippen LogP contribution in [0.4, 0.5) is 0 Å². The van der Waals surface area contributed by atoms with Crippen LogP contribution in [0.25, 0.3) is 0 Å². The number of esters is 4. The predicted octanol–water partition coefficient (Wildman–Crippen LogP) is 26.4. The molecule has 0 aromatic rings. The van der Waals surface area contributed by atoms with Crippen molar-refractivity contribution in [3.8, 4) is 0 Å². The molecule has 17 nitrogen and oxygen atoms in total. The summed E-state index contributed by atoms with van der Waals surface area (Å²) in [7, 11) is -9.91. The molecule has 0 rings (SSSR count). The summed E-state index contributed by atoms with van der Waals surface area (Å²) >= 11 is 0. The van der Waals surface area contributed by atoms with Gasteiger partial charge in [0.05, 0.1) is 26.4 Å². The summed E-state index contributed by atoms with van der Waals surface area (Å²) in [4.78, 5) is 72.9. The average Bonchev–Trinajstić information content (AvgIpc) is 0.911. The predicted molar refractivity (Wildman–Crippen MR) is 432 cm³/mol. The van der Waals surface area contributed by atoms with E-state index >= 15 is 0 Å². The number of rotatable bonds is 86. The number of ether oxygens (including phenoxy) is 4. The second kappa shape index (κ2) is 78.7. The molecule has 0 fully saturated rings. The van der Waals surface area contributed by atoms with Crippen molar-refractivity contribution in [2.45, 2.75) is 483 Å². The van der Waals surface area contributed by atoms with E-state index < -0.39 is 97.5 Å². The molecule has 105 heavy (non-hydrogen) atoms. The summed E-state index contributed by atoms with van der Waals surface area (Å²) < 4.78 is 68.6. The van der Waals surface area contributed by atoms with E-state index in [0.717, 1.165) is 102 Å². The molecule has 0 radical (unpaired) electrons. The van der Waals surface area contributed by atoms with Crippen molar-refractivity contribution >= 4 is 39.5 Å². The number of carbonyl (C=O) groups excluding carboxylic acids is 4. The van der Waals surface area contributed by atoms with Crippen molar-refractivity contribution in [1.29, 1.82) is 0 Å². The Bertz CT molecular complexity index is 2000. The highest BCUT2D eigenvalue weighted by atomic mass is 31.2. The topological polar surface area (TPSA) is 237 Å². The number of phosphoric acid groups is 2. The van der Waals surface area contributed by atoms with E-state index in [0.29, 0.717) is 25.7 Å². The molecule has 0 aromatic heterocycles. The Balaban J connectivity index is 5.09. The highest BCUT2D eigenvalue weighted by molar-refractivity contribution is 7.47. The Hall–Kier alpha value is -1.94. The SMILES string of the molecule is CCCCCCCCCCCCCCCCCCCCCCCCC(=O)OC[C@H](COP(=O)(O)OC[C@@H](O)COP(=O)(O)OC[C@@H](COC(=O)CCCCCCC)OC(=O)CCCCCCCCCCCCCCCCCC)OC(=O)CCCCCCCCCCCCCCCCCCCCC(C)CC. The molecule has 0 amide bonds. The molecular weight excluding hydrogens is 1370 g/mol. The van der Waals surface area contributed by atoms with Crippen molar-refractivity contribution in [2.24, 2.45) is 5.92 Å². The summed E-state index contributed by atoms with van der Waals surface area (Å²) in [5, 5.41) is 10.6. The lowest BCUT2D eigenvalue weighted by Gasteiger charge is -2.21. The van der Waals surface area contributed by atoms with Gasteiger partial charge in [-0.1, -0.05) is 413 Å². The third-order valence-electron chi connectivity index (χ3n) is 20.6. The number of carbonyl (C=O) groups is 4. The van der Waals surface area contributed by atoms with Crippen LogP contribution in [0.3, 0.4) is 0 Å². The number of hydrogen-bond donors (Lipinski definition) is 3. The van der Waals surface area contributed by atoms with Crippen LogP contribution < -0.4 is 0 Å². The lowest BCUT2D eigenvalue weighted by molar-refractivity contribution is -0.161. The Kier molecular flexibility index (Phi) is 77.3. The first-order chi connectivity index (χ1) is 51.1. The van der Waals surface area contributed by atoms with Gasteiger partial charge in [-0.3, -0.25) is 37.3 Å². The molecule has 0 bridgehead atoms. The second-order valence-corrected chi connectivity index (χ2v) is 34.1. The van der Waals surface area contributed by atoms with Crippen LogP contribution in [-0.2, 0) is 65.4 Å². The molecule has 0 saturated heterocycles. The van der Waals surface area contributed by atoms with Gasteiger partial charge in [0.25, 0.3) is 0 Å². The van der Waals surface area contributed by atoms with Crippen LogP contribution in [0.2, 0.25) is 0 Å². The minimum atomic E-state index is -4.96. The van der Waals surface area contributed by atoms with Crippen LogP contribution in [0, 0.1) is 5.92 Å². The number of hydrogen-bond acceptors (Lipinski definition) is 15. The average molecular weight is 1540 g/mol. The van der Waals surface area contributed by atoms with E-state index in [-0.39, 0.29) is 25.7 Å². The van der Waals surface area contributed by atoms with Gasteiger partial charge in [-0.05, 0) is 31.6 Å². The largest absolute Gasteiger partial charge is 0.472 e. The van der Waals surface area contributed by atoms with Crippen molar-refractivity contribution in [2.75, 3.05) is 39.6 Å². The van der Waals surface area contributed by atoms with Crippen LogP contribution in [0.5, 0.6) is 0 Å². The fourth-order valence-electron chi connectivity index (χ4n) is 13.4. The first-order valence-electron chi connectivity index (χ1n) is 44.7. The van der Waals surface area contributed by atoms with Gasteiger partial charge >= 0.3 is 39.5 Å². The molecule has 19 heteroatoms. The van der Waals surface area contributed by atoms with E-state index in [1.807, 2.05) is 0 Å². The molecule has 0 heterocycles. The van der Waals surface area contributed by atoms with Gasteiger partial charge in [0, 0.05) is 25.7 Å². The van der Waals surface area contributed by atoms with Gasteiger partial charge in [0.1, 0.15) is 19.3 Å². The highest BCUT2D eigenvalue weighted by Gasteiger charge is 2.30. The maximum Gasteiger partial charge on any atom is 0.472 e. The van der Waals surface area contributed by atoms with Gasteiger partial charge in [0.15, 0.2) is 12.2 Å². The molecule has 0 aromatic carbocycles. The number of phosphoric ester groups is 2. The van der Waals surface area contributed by atoms with E-state index in [4.69, 9.17) is 37.0 Å². The number of unbranched alkanes of at least 4 members (excludes halogenated alkanes) is 57. The minimum Gasteiger partial charge on any atom is -0.462 e. The van der Waals surface area contributed by atoms with Crippen LogP contribution >= 0.6 is 15.6 Å². The fourth-order valence-corrected chi connectivity index (χ4v) is 15.0. The molecule has 624 valence electrons. The Labute approximate surface area is 645 Å². The highest BCUT2D eigenvalue weighted by Crippen LogP contribution is 2.45. The molecule has 3 N–H and O–H groups in total. The summed E-state index contributed by atoms with van der Waals surface area (Å²) in [5.41, 5.74) is 0. The first-order valence-corrected chi connectivity index (χ1v) is 47.7. The summed E-state index contributed by atoms with van der Waals surface area (Å²) in [6.45, 7) is 7.33. The van der Waals surface area contributed by atoms with E-state index in [1.54, 1.807) is 0 Å². The standard InChI is InChI=1S/C86H168O17P2/c1-6-10-13-16-18-20-22-24-26-28-29-30-31-32-36-40-43-47-51-55-60-65-70-84(89)97-76-82(103-86(91)72-67-62-57-53-49-45-41-37-34-33-35-38-42-46-50-54-59-63-68-79(5)9-4)78-101-105(94,95)99-74-80(87)73-98-104(92,93)100-77-81(75-96-83(88)69-64-58-15-12-8-3)102-85(90)71-66-61-56-52-48-44-39-27-25-23-21-19-17-14-11-7-2/h79-82,87H,6-78H2,1-5H3,(H,92,93)(H,94,95)/t79?,80-,81+,82+/m0/s1. The van der Waals surface area contributed by atoms with Gasteiger partial charge in [-0.25, -0.2) is 9.13 Å². The number of aliphatic hydroxyl groups is 1. The molecule has 0 aliphatic rings. The van der Waals surface area contributed by atoms with Crippen molar-refractivity contribution in [3.63, 3.8) is 0 Å². The van der Waals surface area contributed by atoms with Gasteiger partial charge in [-0.2, -0.15) is 0 Å². The Morgan fingerprint density at radius 3 is 0.676 bits per heavy atom. The molecule has 0 spiro atoms. The fraction of sp³-hybridized carbons (Fsp3) is 0.953. The zero-order valence-electron chi connectivity index (χ0n) is 68.9. The van der Waals surface area contributed by atoms with Crippen molar-refractivity contribution < 1.29 is 80.2 Å². The van der Waals surface area contributed by atoms with Crippen molar-refractivity contribution in [3.05, 3.63) is 0 Å². The minimum absolute atomic E-state index is 0.108. The van der Waals surface area contributed by atoms with E-state index in [1.165, 1.54) is 283 Å². The normalized spacial score (nSPS) is 14.0. The summed E-state index contributed by atoms with van der Waals surface area (Å²) in [5.74, 6) is -1.24. The molecule has 6 atom stereocenters. The molecular formula is C86H168O17P2. The Morgan fingerprint density at radius 2 is 0.457 bits per heavy atom. The van der Waals surface area contributed by atoms with Crippen LogP contribution in [0.1, 0.15) is 465 Å². The zero-order valence-corrected chi connectivity index (χ0v) is 70.7. The maximum absolute atomic E-state index is 13.1. The summed E-state index contributed by atoms with van der Waals surface area (Å²) in [6.07, 6.45) is 72.8. The quantitative estimate of drug-likeness (QED) is 0.0222. The third-order valence-corrected chi connectivity index (χ3v) is 22.5. The van der Waals surface area contributed by atoms with E-state index in [9.17, 15) is 43.2 Å². The molecule has 3 unspecified atom stereocenters. The maximum atomic E-state index is 13.1. The van der Waals surface area contributed by atoms with Crippen molar-refractivity contribution in [1.82, 2.24) is 0 Å². The van der Waals surface area contributed by atoms with Gasteiger partial charge < -0.3 is 33.8 Å². The first kappa shape index (κ1) is 103. The molecule has 0 aliphatic carbocycles. The number of aliphatic hydroxyl groups excluding tert-OH is 1. The molecule has 0 aliphatic heterocycles. The lowest BCUT2D eigenvalue weighted by atomic mass is 9.99. The lowest BCUT2D eigenvalue weighted by Crippen LogP contribution is -2.30. The third kappa shape index (κ3) is 78.5. The second-order valence-electron chi connectivity index (χ2n) is 31.2. The monoisotopic (exact) mass is 1540 g/mol. The van der Waals surface area contributed by atoms with Crippen LogP contribution in [-0.4, -0.2) is 96.7 Å².